The van der Waals surface area contributed by atoms with Crippen molar-refractivity contribution in [2.24, 2.45) is 0 Å². The molecule has 0 bridgehead atoms. The average molecular weight is 274 g/mol. The second-order valence-electron chi connectivity index (χ2n) is 4.85. The molecule has 0 aliphatic carbocycles. The summed E-state index contributed by atoms with van der Waals surface area (Å²) in [6.07, 6.45) is 0.195. The molecule has 1 N–H and O–H groups in total. The van der Waals surface area contributed by atoms with Crippen LogP contribution in [-0.2, 0) is 17.8 Å². The summed E-state index contributed by atoms with van der Waals surface area (Å²) < 4.78 is 2.75. The van der Waals surface area contributed by atoms with Crippen LogP contribution in [0.4, 0.5) is 0 Å². The molecule has 0 unspecified atom stereocenters. The maximum atomic E-state index is 12.1. The van der Waals surface area contributed by atoms with E-state index in [2.05, 4.69) is 0 Å². The first kappa shape index (κ1) is 14.1. The Balaban J connectivity index is 2.35. The lowest BCUT2D eigenvalue weighted by Gasteiger charge is -2.06. The standard InChI is InChI=1S/C15H18N2O3/c1-11-12(2)17(20)14(8-9-15(18)19)16(11)10-13-6-4-3-5-7-13/h3-7H,8-10H2,1-2H3,(H,18,19). The van der Waals surface area contributed by atoms with Crippen molar-refractivity contribution in [3.8, 4) is 0 Å². The van der Waals surface area contributed by atoms with E-state index in [9.17, 15) is 10.0 Å². The number of aromatic nitrogens is 2. The van der Waals surface area contributed by atoms with Gasteiger partial charge in [0.15, 0.2) is 0 Å². The highest BCUT2D eigenvalue weighted by Crippen LogP contribution is 2.13. The summed E-state index contributed by atoms with van der Waals surface area (Å²) in [5, 5.41) is 20.9. The van der Waals surface area contributed by atoms with E-state index in [4.69, 9.17) is 5.11 Å². The first-order valence-corrected chi connectivity index (χ1v) is 6.54. The number of nitrogens with zero attached hydrogens (tertiary/aromatic N) is 2. The minimum atomic E-state index is -0.896. The lowest BCUT2D eigenvalue weighted by Crippen LogP contribution is -2.34. The lowest BCUT2D eigenvalue weighted by molar-refractivity contribution is -0.620. The molecule has 5 nitrogen and oxygen atoms in total. The summed E-state index contributed by atoms with van der Waals surface area (Å²) in [5.41, 5.74) is 2.59. The zero-order valence-corrected chi connectivity index (χ0v) is 11.7. The van der Waals surface area contributed by atoms with Crippen molar-refractivity contribution in [3.05, 3.63) is 58.3 Å². The maximum absolute atomic E-state index is 12.1. The van der Waals surface area contributed by atoms with Gasteiger partial charge in [0.05, 0.1) is 12.8 Å². The molecule has 0 amide bonds. The zero-order chi connectivity index (χ0) is 14.7. The number of benzene rings is 1. The number of imidazole rings is 1. The normalized spacial score (nSPS) is 10.7. The van der Waals surface area contributed by atoms with Gasteiger partial charge in [-0.2, -0.15) is 0 Å². The Morgan fingerprint density at radius 1 is 1.30 bits per heavy atom. The monoisotopic (exact) mass is 274 g/mol. The van der Waals surface area contributed by atoms with Crippen LogP contribution in [0.25, 0.3) is 0 Å². The third-order valence-electron chi connectivity index (χ3n) is 3.53. The Labute approximate surface area is 117 Å². The van der Waals surface area contributed by atoms with E-state index >= 15 is 0 Å². The summed E-state index contributed by atoms with van der Waals surface area (Å²) in [4.78, 5) is 10.7. The second-order valence-corrected chi connectivity index (χ2v) is 4.85. The van der Waals surface area contributed by atoms with Crippen LogP contribution in [0.2, 0.25) is 0 Å². The van der Waals surface area contributed by atoms with E-state index in [0.717, 1.165) is 16.0 Å². The van der Waals surface area contributed by atoms with Crippen LogP contribution in [0.1, 0.15) is 29.2 Å². The van der Waals surface area contributed by atoms with Crippen molar-refractivity contribution in [1.82, 2.24) is 4.57 Å². The number of hydrogen-bond donors (Lipinski definition) is 1. The van der Waals surface area contributed by atoms with Crippen molar-refractivity contribution in [2.75, 3.05) is 0 Å². The third kappa shape index (κ3) is 2.82. The molecule has 106 valence electrons. The number of hydrogen-bond acceptors (Lipinski definition) is 2. The molecule has 0 saturated carbocycles. The minimum absolute atomic E-state index is 0.0417. The highest BCUT2D eigenvalue weighted by atomic mass is 16.5. The highest BCUT2D eigenvalue weighted by molar-refractivity contribution is 5.66. The van der Waals surface area contributed by atoms with E-state index in [0.29, 0.717) is 18.1 Å². The Morgan fingerprint density at radius 3 is 2.55 bits per heavy atom. The molecule has 1 aromatic heterocycles. The lowest BCUT2D eigenvalue weighted by atomic mass is 10.2. The fourth-order valence-corrected chi connectivity index (χ4v) is 2.27. The molecule has 0 radical (unpaired) electrons. The van der Waals surface area contributed by atoms with Crippen molar-refractivity contribution >= 4 is 5.97 Å². The van der Waals surface area contributed by atoms with Gasteiger partial charge in [-0.15, -0.1) is 0 Å². The van der Waals surface area contributed by atoms with E-state index in [-0.39, 0.29) is 12.8 Å². The van der Waals surface area contributed by atoms with Gasteiger partial charge in [-0.05, 0) is 5.56 Å². The fourth-order valence-electron chi connectivity index (χ4n) is 2.27. The van der Waals surface area contributed by atoms with Crippen LogP contribution in [0.3, 0.4) is 0 Å². The Kier molecular flexibility index (Phi) is 4.08. The average Bonchev–Trinajstić information content (AvgIpc) is 2.63. The molecule has 2 rings (SSSR count). The van der Waals surface area contributed by atoms with Crippen molar-refractivity contribution in [2.45, 2.75) is 33.2 Å². The first-order chi connectivity index (χ1) is 9.50. The predicted molar refractivity (Wildman–Crippen MR) is 74.4 cm³/mol. The van der Waals surface area contributed by atoms with Gasteiger partial charge in [0.2, 0.25) is 0 Å². The fraction of sp³-hybridized carbons (Fsp3) is 0.333. The van der Waals surface area contributed by atoms with Crippen molar-refractivity contribution < 1.29 is 14.6 Å². The van der Waals surface area contributed by atoms with E-state index < -0.39 is 5.97 Å². The van der Waals surface area contributed by atoms with Crippen LogP contribution in [0.15, 0.2) is 30.3 Å². The molecule has 0 aliphatic rings. The Bertz CT molecular complexity index is 618. The molecule has 0 spiro atoms. The molecule has 0 atom stereocenters. The Hall–Kier alpha value is -2.30. The van der Waals surface area contributed by atoms with Crippen LogP contribution >= 0.6 is 0 Å². The molecule has 5 heteroatoms. The quantitative estimate of drug-likeness (QED) is 0.667. The Morgan fingerprint density at radius 2 is 1.95 bits per heavy atom. The largest absolute Gasteiger partial charge is 0.711 e. The van der Waals surface area contributed by atoms with Gasteiger partial charge in [0.1, 0.15) is 17.9 Å². The number of aliphatic carboxylic acids is 1. The van der Waals surface area contributed by atoms with Gasteiger partial charge in [-0.1, -0.05) is 30.3 Å². The summed E-state index contributed by atoms with van der Waals surface area (Å²) in [6.45, 7) is 4.22. The van der Waals surface area contributed by atoms with Crippen molar-refractivity contribution in [1.29, 1.82) is 0 Å². The van der Waals surface area contributed by atoms with E-state index in [1.54, 1.807) is 6.92 Å². The van der Waals surface area contributed by atoms with Gasteiger partial charge in [-0.25, -0.2) is 9.30 Å². The highest BCUT2D eigenvalue weighted by Gasteiger charge is 2.22. The van der Waals surface area contributed by atoms with Crippen LogP contribution < -0.4 is 4.73 Å². The minimum Gasteiger partial charge on any atom is -0.711 e. The molecule has 0 aliphatic heterocycles. The number of carboxylic acids is 1. The maximum Gasteiger partial charge on any atom is 0.303 e. The van der Waals surface area contributed by atoms with Crippen molar-refractivity contribution in [3.63, 3.8) is 0 Å². The molecular formula is C15H18N2O3. The predicted octanol–water partition coefficient (Wildman–Crippen LogP) is 1.80. The topological polar surface area (TPSA) is 69.2 Å². The molecule has 2 aromatic rings. The first-order valence-electron chi connectivity index (χ1n) is 6.54. The summed E-state index contributed by atoms with van der Waals surface area (Å²) in [6, 6.07) is 9.82. The zero-order valence-electron chi connectivity index (χ0n) is 11.7. The second kappa shape index (κ2) is 5.77. The molecule has 0 saturated heterocycles. The third-order valence-corrected chi connectivity index (χ3v) is 3.53. The van der Waals surface area contributed by atoms with Gasteiger partial charge in [-0.3, -0.25) is 4.79 Å². The molecule has 1 aromatic carbocycles. The molecule has 0 fully saturated rings. The number of rotatable bonds is 5. The van der Waals surface area contributed by atoms with Gasteiger partial charge >= 0.3 is 5.97 Å². The van der Waals surface area contributed by atoms with Gasteiger partial charge in [0, 0.05) is 13.8 Å². The number of carbonyl (C=O) groups is 1. The molecule has 20 heavy (non-hydrogen) atoms. The molecule has 1 heterocycles. The van der Waals surface area contributed by atoms with Gasteiger partial charge < -0.3 is 10.3 Å². The van der Waals surface area contributed by atoms with Crippen LogP contribution in [0.5, 0.6) is 0 Å². The number of carboxylic acid groups (broad SMARTS) is 1. The smallest absolute Gasteiger partial charge is 0.303 e. The van der Waals surface area contributed by atoms with E-state index in [1.807, 2.05) is 41.8 Å². The summed E-state index contributed by atoms with van der Waals surface area (Å²) in [5.74, 6) is -0.390. The summed E-state index contributed by atoms with van der Waals surface area (Å²) in [7, 11) is 0. The van der Waals surface area contributed by atoms with Crippen LogP contribution in [0, 0.1) is 19.1 Å². The molecular weight excluding hydrogens is 256 g/mol. The van der Waals surface area contributed by atoms with Crippen LogP contribution in [-0.4, -0.2) is 15.6 Å². The van der Waals surface area contributed by atoms with Gasteiger partial charge in [0.25, 0.3) is 5.82 Å². The SMILES string of the molecule is Cc1c(C)[n+]([O-])c(CCC(=O)O)n1Cc1ccccc1. The summed E-state index contributed by atoms with van der Waals surface area (Å²) >= 11 is 0. The van der Waals surface area contributed by atoms with E-state index in [1.165, 1.54) is 0 Å².